The molecule has 0 radical (unpaired) electrons. The van der Waals surface area contributed by atoms with Gasteiger partial charge in [-0.3, -0.25) is 0 Å². The molecule has 1 N–H and O–H groups in total. The van der Waals surface area contributed by atoms with Crippen LogP contribution in [-0.2, 0) is 4.74 Å². The molecule has 1 saturated heterocycles. The highest BCUT2D eigenvalue weighted by molar-refractivity contribution is 5.68. The molecule has 0 aromatic rings. The summed E-state index contributed by atoms with van der Waals surface area (Å²) in [5, 5.41) is 9.28. The SMILES string of the molecule is CC1CCN(C(=O)OC(C)(C)C)C(CO)C1. The molecule has 1 rings (SSSR count). The predicted molar refractivity (Wildman–Crippen MR) is 62.2 cm³/mol. The lowest BCUT2D eigenvalue weighted by atomic mass is 9.93. The Morgan fingerprint density at radius 3 is 2.62 bits per heavy atom. The van der Waals surface area contributed by atoms with Crippen LogP contribution in [0.2, 0.25) is 0 Å². The molecule has 1 heterocycles. The topological polar surface area (TPSA) is 49.8 Å². The Hall–Kier alpha value is -0.770. The van der Waals surface area contributed by atoms with Gasteiger partial charge >= 0.3 is 6.09 Å². The van der Waals surface area contributed by atoms with Gasteiger partial charge in [-0.2, -0.15) is 0 Å². The Balaban J connectivity index is 2.60. The second-order valence-corrected chi connectivity index (χ2v) is 5.64. The van der Waals surface area contributed by atoms with Crippen molar-refractivity contribution in [2.24, 2.45) is 5.92 Å². The fourth-order valence-corrected chi connectivity index (χ4v) is 1.99. The number of ether oxygens (including phenoxy) is 1. The average Bonchev–Trinajstić information content (AvgIpc) is 2.14. The van der Waals surface area contributed by atoms with Crippen molar-refractivity contribution in [2.45, 2.75) is 52.2 Å². The minimum Gasteiger partial charge on any atom is -0.444 e. The molecule has 16 heavy (non-hydrogen) atoms. The standard InChI is InChI=1S/C12H23NO3/c1-9-5-6-13(10(7-9)8-14)11(15)16-12(2,3)4/h9-10,14H,5-8H2,1-4H3. The zero-order valence-electron chi connectivity index (χ0n) is 10.7. The molecule has 1 fully saturated rings. The molecule has 0 bridgehead atoms. The van der Waals surface area contributed by atoms with E-state index in [0.29, 0.717) is 12.5 Å². The second-order valence-electron chi connectivity index (χ2n) is 5.64. The number of likely N-dealkylation sites (tertiary alicyclic amines) is 1. The molecule has 4 nitrogen and oxygen atoms in total. The Labute approximate surface area is 97.6 Å². The smallest absolute Gasteiger partial charge is 0.410 e. The summed E-state index contributed by atoms with van der Waals surface area (Å²) in [6, 6.07) is -0.0846. The molecule has 0 saturated carbocycles. The summed E-state index contributed by atoms with van der Waals surface area (Å²) in [5.41, 5.74) is -0.472. The zero-order chi connectivity index (χ0) is 12.3. The summed E-state index contributed by atoms with van der Waals surface area (Å²) in [6.07, 6.45) is 1.53. The van der Waals surface area contributed by atoms with Crippen LogP contribution in [0.3, 0.4) is 0 Å². The van der Waals surface area contributed by atoms with E-state index < -0.39 is 5.60 Å². The highest BCUT2D eigenvalue weighted by Gasteiger charge is 2.32. The fourth-order valence-electron chi connectivity index (χ4n) is 1.99. The van der Waals surface area contributed by atoms with Gasteiger partial charge in [-0.05, 0) is 39.5 Å². The number of piperidine rings is 1. The molecule has 2 atom stereocenters. The van der Waals surface area contributed by atoms with Crippen LogP contribution < -0.4 is 0 Å². The van der Waals surface area contributed by atoms with E-state index >= 15 is 0 Å². The van der Waals surface area contributed by atoms with Gasteiger partial charge in [-0.15, -0.1) is 0 Å². The first-order chi connectivity index (χ1) is 7.33. The molecule has 4 heteroatoms. The van der Waals surface area contributed by atoms with Crippen LogP contribution in [0.4, 0.5) is 4.79 Å². The summed E-state index contributed by atoms with van der Waals surface area (Å²) in [5.74, 6) is 0.566. The lowest BCUT2D eigenvalue weighted by molar-refractivity contribution is -0.00349. The van der Waals surface area contributed by atoms with E-state index in [0.717, 1.165) is 12.8 Å². The third-order valence-corrected chi connectivity index (χ3v) is 2.82. The van der Waals surface area contributed by atoms with Crippen molar-refractivity contribution in [3.63, 3.8) is 0 Å². The molecule has 1 aliphatic rings. The van der Waals surface area contributed by atoms with Gasteiger partial charge in [-0.25, -0.2) is 4.79 Å². The van der Waals surface area contributed by atoms with Gasteiger partial charge in [-0.1, -0.05) is 6.92 Å². The van der Waals surface area contributed by atoms with Crippen molar-refractivity contribution in [1.82, 2.24) is 4.90 Å². The minimum absolute atomic E-state index is 0.0174. The number of carbonyl (C=O) groups is 1. The lowest BCUT2D eigenvalue weighted by Crippen LogP contribution is -2.49. The molecule has 0 aliphatic carbocycles. The van der Waals surface area contributed by atoms with E-state index in [9.17, 15) is 9.90 Å². The normalized spacial score (nSPS) is 26.7. The van der Waals surface area contributed by atoms with Gasteiger partial charge < -0.3 is 14.7 Å². The summed E-state index contributed by atoms with van der Waals surface area (Å²) < 4.78 is 5.32. The predicted octanol–water partition coefficient (Wildman–Crippen LogP) is 2.01. The minimum atomic E-state index is -0.472. The largest absolute Gasteiger partial charge is 0.444 e. The van der Waals surface area contributed by atoms with Gasteiger partial charge in [0.15, 0.2) is 0 Å². The summed E-state index contributed by atoms with van der Waals surface area (Å²) in [6.45, 7) is 8.41. The molecular weight excluding hydrogens is 206 g/mol. The van der Waals surface area contributed by atoms with Gasteiger partial charge in [0.2, 0.25) is 0 Å². The Morgan fingerprint density at radius 1 is 1.50 bits per heavy atom. The van der Waals surface area contributed by atoms with Crippen molar-refractivity contribution >= 4 is 6.09 Å². The first kappa shape index (κ1) is 13.3. The summed E-state index contributed by atoms with van der Waals surface area (Å²) >= 11 is 0. The Bertz CT molecular complexity index is 247. The summed E-state index contributed by atoms with van der Waals surface area (Å²) in [7, 11) is 0. The van der Waals surface area contributed by atoms with Gasteiger partial charge in [0, 0.05) is 6.54 Å². The average molecular weight is 229 g/mol. The lowest BCUT2D eigenvalue weighted by Gasteiger charge is -2.38. The van der Waals surface area contributed by atoms with Crippen LogP contribution >= 0.6 is 0 Å². The Kier molecular flexibility index (Phi) is 4.19. The molecule has 1 aliphatic heterocycles. The van der Waals surface area contributed by atoms with Crippen LogP contribution in [0.25, 0.3) is 0 Å². The highest BCUT2D eigenvalue weighted by Crippen LogP contribution is 2.24. The van der Waals surface area contributed by atoms with Crippen LogP contribution in [0.5, 0.6) is 0 Å². The molecule has 1 amide bonds. The van der Waals surface area contributed by atoms with E-state index in [2.05, 4.69) is 6.92 Å². The third-order valence-electron chi connectivity index (χ3n) is 2.82. The van der Waals surface area contributed by atoms with Crippen molar-refractivity contribution in [1.29, 1.82) is 0 Å². The number of nitrogens with zero attached hydrogens (tertiary/aromatic N) is 1. The van der Waals surface area contributed by atoms with E-state index in [1.807, 2.05) is 20.8 Å². The fraction of sp³-hybridized carbons (Fsp3) is 0.917. The number of aliphatic hydroxyl groups excluding tert-OH is 1. The van der Waals surface area contributed by atoms with Crippen LogP contribution in [0.15, 0.2) is 0 Å². The first-order valence-corrected chi connectivity index (χ1v) is 5.94. The molecule has 0 aromatic heterocycles. The first-order valence-electron chi connectivity index (χ1n) is 5.94. The quantitative estimate of drug-likeness (QED) is 0.748. The second kappa shape index (κ2) is 5.04. The van der Waals surface area contributed by atoms with Crippen LogP contribution in [0.1, 0.15) is 40.5 Å². The number of rotatable bonds is 1. The van der Waals surface area contributed by atoms with Crippen LogP contribution in [-0.4, -0.2) is 40.9 Å². The maximum atomic E-state index is 11.9. The van der Waals surface area contributed by atoms with Gasteiger partial charge in [0.1, 0.15) is 5.60 Å². The molecule has 0 spiro atoms. The monoisotopic (exact) mass is 229 g/mol. The molecular formula is C12H23NO3. The number of carbonyl (C=O) groups excluding carboxylic acids is 1. The number of hydrogen-bond donors (Lipinski definition) is 1. The number of hydrogen-bond acceptors (Lipinski definition) is 3. The van der Waals surface area contributed by atoms with Crippen molar-refractivity contribution in [3.05, 3.63) is 0 Å². The summed E-state index contributed by atoms with van der Waals surface area (Å²) in [4.78, 5) is 13.5. The molecule has 2 unspecified atom stereocenters. The maximum absolute atomic E-state index is 11.9. The maximum Gasteiger partial charge on any atom is 0.410 e. The van der Waals surface area contributed by atoms with E-state index in [1.54, 1.807) is 4.90 Å². The van der Waals surface area contributed by atoms with E-state index in [4.69, 9.17) is 4.74 Å². The number of aliphatic hydroxyl groups is 1. The van der Waals surface area contributed by atoms with E-state index in [-0.39, 0.29) is 18.7 Å². The molecule has 94 valence electrons. The van der Waals surface area contributed by atoms with Crippen molar-refractivity contribution in [3.8, 4) is 0 Å². The van der Waals surface area contributed by atoms with Crippen molar-refractivity contribution < 1.29 is 14.6 Å². The van der Waals surface area contributed by atoms with Gasteiger partial charge in [0.25, 0.3) is 0 Å². The van der Waals surface area contributed by atoms with Gasteiger partial charge in [0.05, 0.1) is 12.6 Å². The van der Waals surface area contributed by atoms with E-state index in [1.165, 1.54) is 0 Å². The number of amides is 1. The molecule has 0 aromatic carbocycles. The highest BCUT2D eigenvalue weighted by atomic mass is 16.6. The van der Waals surface area contributed by atoms with Crippen molar-refractivity contribution in [2.75, 3.05) is 13.2 Å². The van der Waals surface area contributed by atoms with Crippen LogP contribution in [0, 0.1) is 5.92 Å². The Morgan fingerprint density at radius 2 is 2.12 bits per heavy atom. The zero-order valence-corrected chi connectivity index (χ0v) is 10.7. The third kappa shape index (κ3) is 3.67.